The Hall–Kier alpha value is -1.82. The molecule has 1 atom stereocenters. The third-order valence-electron chi connectivity index (χ3n) is 3.02. The summed E-state index contributed by atoms with van der Waals surface area (Å²) in [5, 5.41) is 10.5. The van der Waals surface area contributed by atoms with Gasteiger partial charge < -0.3 is 9.52 Å². The molecule has 6 heteroatoms. The van der Waals surface area contributed by atoms with Crippen LogP contribution in [0, 0.1) is 5.82 Å². The number of hydroxylamine groups is 1. The van der Waals surface area contributed by atoms with Gasteiger partial charge in [-0.2, -0.15) is 0 Å². The van der Waals surface area contributed by atoms with Gasteiger partial charge in [-0.05, 0) is 48.4 Å². The second-order valence-electron chi connectivity index (χ2n) is 4.55. The van der Waals surface area contributed by atoms with Crippen LogP contribution in [-0.4, -0.2) is 10.9 Å². The molecule has 20 heavy (non-hydrogen) atoms. The van der Waals surface area contributed by atoms with Gasteiger partial charge in [-0.1, -0.05) is 12.1 Å². The summed E-state index contributed by atoms with van der Waals surface area (Å²) in [5.41, 5.74) is 4.14. The predicted molar refractivity (Wildman–Crippen MR) is 71.8 cm³/mol. The normalized spacial score (nSPS) is 22.2. The Balaban J connectivity index is 2.16. The maximum absolute atomic E-state index is 13.0. The average molecular weight is 296 g/mol. The summed E-state index contributed by atoms with van der Waals surface area (Å²) in [7, 11) is 0. The van der Waals surface area contributed by atoms with Crippen LogP contribution in [0.15, 0.2) is 40.8 Å². The lowest BCUT2D eigenvalue weighted by molar-refractivity contribution is -0.160. The minimum absolute atomic E-state index is 0.222. The number of halogens is 2. The van der Waals surface area contributed by atoms with E-state index in [1.165, 1.54) is 19.1 Å². The van der Waals surface area contributed by atoms with E-state index in [1.54, 1.807) is 24.3 Å². The predicted octanol–water partition coefficient (Wildman–Crippen LogP) is 3.18. The lowest BCUT2D eigenvalue weighted by Gasteiger charge is -2.18. The molecule has 1 aromatic heterocycles. The van der Waals surface area contributed by atoms with Crippen molar-refractivity contribution >= 4 is 22.9 Å². The number of benzene rings is 1. The molecule has 2 heterocycles. The Morgan fingerprint density at radius 3 is 2.50 bits per heavy atom. The minimum atomic E-state index is -1.56. The van der Waals surface area contributed by atoms with Gasteiger partial charge in [-0.15, -0.1) is 0 Å². The molecular weight excluding hydrogens is 285 g/mol. The van der Waals surface area contributed by atoms with Crippen LogP contribution < -0.4 is 5.48 Å². The highest BCUT2D eigenvalue weighted by atomic mass is 35.5. The van der Waals surface area contributed by atoms with Gasteiger partial charge in [0.15, 0.2) is 11.0 Å². The maximum Gasteiger partial charge on any atom is 0.217 e. The Labute approximate surface area is 119 Å². The summed E-state index contributed by atoms with van der Waals surface area (Å²) < 4.78 is 18.3. The molecular formula is C14H11ClFNO3. The standard InChI is InChI=1S/C14H11ClFNO3/c1-14(18)12(8-2-4-9(16)5-3-8)13(17-20-14)10-6-7-11(15)19-10/h2-7,17-18H,1H3. The summed E-state index contributed by atoms with van der Waals surface area (Å²) in [6.07, 6.45) is 0. The number of rotatable bonds is 2. The van der Waals surface area contributed by atoms with Crippen LogP contribution in [0.4, 0.5) is 4.39 Å². The van der Waals surface area contributed by atoms with Gasteiger partial charge in [-0.25, -0.2) is 9.23 Å². The van der Waals surface area contributed by atoms with Gasteiger partial charge in [0.25, 0.3) is 0 Å². The van der Waals surface area contributed by atoms with Gasteiger partial charge in [0.1, 0.15) is 11.5 Å². The quantitative estimate of drug-likeness (QED) is 0.893. The van der Waals surface area contributed by atoms with Gasteiger partial charge in [-0.3, -0.25) is 5.48 Å². The van der Waals surface area contributed by atoms with Gasteiger partial charge in [0.2, 0.25) is 5.79 Å². The van der Waals surface area contributed by atoms with E-state index in [2.05, 4.69) is 5.48 Å². The summed E-state index contributed by atoms with van der Waals surface area (Å²) in [6, 6.07) is 8.97. The first-order chi connectivity index (χ1) is 9.47. The van der Waals surface area contributed by atoms with E-state index in [0.29, 0.717) is 22.6 Å². The van der Waals surface area contributed by atoms with E-state index >= 15 is 0 Å². The Morgan fingerprint density at radius 1 is 1.20 bits per heavy atom. The number of hydrogen-bond donors (Lipinski definition) is 2. The van der Waals surface area contributed by atoms with Crippen LogP contribution >= 0.6 is 11.6 Å². The first kappa shape index (κ1) is 13.2. The Bertz CT molecular complexity index is 676. The molecule has 1 unspecified atom stereocenters. The molecule has 3 rings (SSSR count). The summed E-state index contributed by atoms with van der Waals surface area (Å²) >= 11 is 5.75. The molecule has 2 aromatic rings. The SMILES string of the molecule is CC1(O)ONC(c2ccc(Cl)o2)=C1c1ccc(F)cc1. The van der Waals surface area contributed by atoms with Crippen molar-refractivity contribution in [2.75, 3.05) is 0 Å². The Morgan fingerprint density at radius 2 is 1.90 bits per heavy atom. The van der Waals surface area contributed by atoms with Crippen molar-refractivity contribution in [1.29, 1.82) is 0 Å². The molecule has 0 bridgehead atoms. The molecule has 0 aliphatic carbocycles. The van der Waals surface area contributed by atoms with E-state index in [0.717, 1.165) is 0 Å². The van der Waals surface area contributed by atoms with Crippen LogP contribution in [0.25, 0.3) is 11.3 Å². The van der Waals surface area contributed by atoms with Crippen molar-refractivity contribution in [2.24, 2.45) is 0 Å². The number of furan rings is 1. The molecule has 2 N–H and O–H groups in total. The van der Waals surface area contributed by atoms with Crippen molar-refractivity contribution in [3.63, 3.8) is 0 Å². The molecule has 4 nitrogen and oxygen atoms in total. The molecule has 1 aliphatic rings. The average Bonchev–Trinajstić information content (AvgIpc) is 2.94. The van der Waals surface area contributed by atoms with Crippen molar-refractivity contribution in [2.45, 2.75) is 12.7 Å². The van der Waals surface area contributed by atoms with Crippen LogP contribution in [0.1, 0.15) is 18.2 Å². The van der Waals surface area contributed by atoms with Crippen molar-refractivity contribution in [3.8, 4) is 0 Å². The highest BCUT2D eigenvalue weighted by Crippen LogP contribution is 2.39. The number of hydrogen-bond acceptors (Lipinski definition) is 4. The second kappa shape index (κ2) is 4.63. The van der Waals surface area contributed by atoms with E-state index in [9.17, 15) is 9.50 Å². The third kappa shape index (κ3) is 2.20. The Kier molecular flexibility index (Phi) is 3.05. The molecule has 1 aromatic carbocycles. The lowest BCUT2D eigenvalue weighted by Crippen LogP contribution is -2.27. The van der Waals surface area contributed by atoms with Crippen molar-refractivity contribution in [3.05, 3.63) is 58.8 Å². The van der Waals surface area contributed by atoms with Gasteiger partial charge in [0, 0.05) is 5.57 Å². The maximum atomic E-state index is 13.0. The zero-order valence-electron chi connectivity index (χ0n) is 10.5. The fourth-order valence-corrected chi connectivity index (χ4v) is 2.28. The molecule has 0 spiro atoms. The lowest BCUT2D eigenvalue weighted by atomic mass is 9.96. The fourth-order valence-electron chi connectivity index (χ4n) is 2.14. The highest BCUT2D eigenvalue weighted by molar-refractivity contribution is 6.28. The number of aliphatic hydroxyl groups is 1. The first-order valence-electron chi connectivity index (χ1n) is 5.90. The minimum Gasteiger partial charge on any atom is -0.443 e. The van der Waals surface area contributed by atoms with E-state index in [1.807, 2.05) is 0 Å². The van der Waals surface area contributed by atoms with E-state index in [4.69, 9.17) is 20.9 Å². The smallest absolute Gasteiger partial charge is 0.217 e. The van der Waals surface area contributed by atoms with E-state index in [-0.39, 0.29) is 11.0 Å². The highest BCUT2D eigenvalue weighted by Gasteiger charge is 2.39. The van der Waals surface area contributed by atoms with Crippen LogP contribution in [0.2, 0.25) is 5.22 Å². The zero-order chi connectivity index (χ0) is 14.3. The van der Waals surface area contributed by atoms with Crippen LogP contribution in [0.3, 0.4) is 0 Å². The van der Waals surface area contributed by atoms with E-state index < -0.39 is 5.79 Å². The summed E-state index contributed by atoms with van der Waals surface area (Å²) in [6.45, 7) is 1.48. The molecule has 0 radical (unpaired) electrons. The summed E-state index contributed by atoms with van der Waals surface area (Å²) in [5.74, 6) is -1.50. The second-order valence-corrected chi connectivity index (χ2v) is 4.92. The first-order valence-corrected chi connectivity index (χ1v) is 6.28. The summed E-state index contributed by atoms with van der Waals surface area (Å²) in [4.78, 5) is 5.15. The molecule has 0 fully saturated rings. The van der Waals surface area contributed by atoms with Gasteiger partial charge in [0.05, 0.1) is 0 Å². The van der Waals surface area contributed by atoms with Crippen molar-refractivity contribution in [1.82, 2.24) is 5.48 Å². The molecule has 104 valence electrons. The van der Waals surface area contributed by atoms with Crippen molar-refractivity contribution < 1.29 is 18.8 Å². The molecule has 0 saturated carbocycles. The molecule has 0 amide bonds. The van der Waals surface area contributed by atoms with Crippen LogP contribution in [0.5, 0.6) is 0 Å². The largest absolute Gasteiger partial charge is 0.443 e. The monoisotopic (exact) mass is 295 g/mol. The van der Waals surface area contributed by atoms with Gasteiger partial charge >= 0.3 is 0 Å². The molecule has 0 saturated heterocycles. The zero-order valence-corrected chi connectivity index (χ0v) is 11.2. The topological polar surface area (TPSA) is 54.6 Å². The third-order valence-corrected chi connectivity index (χ3v) is 3.22. The molecule has 1 aliphatic heterocycles. The number of nitrogens with one attached hydrogen (secondary N) is 1. The fraction of sp³-hybridized carbons (Fsp3) is 0.143. The van der Waals surface area contributed by atoms with Crippen LogP contribution in [-0.2, 0) is 4.84 Å².